The maximum absolute atomic E-state index is 5.40. The van der Waals surface area contributed by atoms with Crippen molar-refractivity contribution in [1.82, 2.24) is 9.97 Å². The number of rotatable bonds is 5. The van der Waals surface area contributed by atoms with Crippen LogP contribution in [-0.2, 0) is 0 Å². The summed E-state index contributed by atoms with van der Waals surface area (Å²) in [7, 11) is 0. The standard InChI is InChI=1S/C13H19N5/c1-3-9(4-2)15-12-10-7-5-6-8-11(10)16-13(17-12)18-14/h5-9H,3-4,14H2,1-2H3,(H2,15,16,17,18). The van der Waals surface area contributed by atoms with Crippen molar-refractivity contribution < 1.29 is 0 Å². The monoisotopic (exact) mass is 245 g/mol. The second-order valence-electron chi connectivity index (χ2n) is 4.22. The lowest BCUT2D eigenvalue weighted by Crippen LogP contribution is -2.19. The molecule has 5 heteroatoms. The summed E-state index contributed by atoms with van der Waals surface area (Å²) in [4.78, 5) is 8.72. The van der Waals surface area contributed by atoms with Gasteiger partial charge in [0.15, 0.2) is 0 Å². The zero-order chi connectivity index (χ0) is 13.0. The summed E-state index contributed by atoms with van der Waals surface area (Å²) in [5.74, 6) is 6.67. The molecule has 0 atom stereocenters. The van der Waals surface area contributed by atoms with Crippen molar-refractivity contribution >= 4 is 22.7 Å². The van der Waals surface area contributed by atoms with Gasteiger partial charge in [-0.1, -0.05) is 26.0 Å². The number of anilines is 2. The third kappa shape index (κ3) is 2.51. The summed E-state index contributed by atoms with van der Waals surface area (Å²) < 4.78 is 0. The van der Waals surface area contributed by atoms with Gasteiger partial charge >= 0.3 is 0 Å². The Hall–Kier alpha value is -1.88. The number of fused-ring (bicyclic) bond motifs is 1. The number of nitrogens with one attached hydrogen (secondary N) is 2. The molecule has 2 rings (SSSR count). The summed E-state index contributed by atoms with van der Waals surface area (Å²) in [5, 5.41) is 4.47. The van der Waals surface area contributed by atoms with Crippen LogP contribution in [0.25, 0.3) is 10.9 Å². The molecule has 0 aliphatic carbocycles. The lowest BCUT2D eigenvalue weighted by Gasteiger charge is -2.17. The van der Waals surface area contributed by atoms with Gasteiger partial charge in [0.25, 0.3) is 0 Å². The number of nitrogen functional groups attached to an aromatic ring is 1. The largest absolute Gasteiger partial charge is 0.367 e. The molecular weight excluding hydrogens is 226 g/mol. The Kier molecular flexibility index (Phi) is 3.94. The number of benzene rings is 1. The van der Waals surface area contributed by atoms with E-state index in [2.05, 4.69) is 34.6 Å². The van der Waals surface area contributed by atoms with Crippen molar-refractivity contribution in [1.29, 1.82) is 0 Å². The number of hydrogen-bond donors (Lipinski definition) is 3. The molecule has 0 spiro atoms. The van der Waals surface area contributed by atoms with E-state index < -0.39 is 0 Å². The number of aromatic nitrogens is 2. The van der Waals surface area contributed by atoms with Crippen LogP contribution in [0, 0.1) is 0 Å². The first-order valence-corrected chi connectivity index (χ1v) is 6.28. The SMILES string of the molecule is CCC(CC)Nc1nc(NN)nc2ccccc12. The summed E-state index contributed by atoms with van der Waals surface area (Å²) in [6.07, 6.45) is 2.11. The zero-order valence-electron chi connectivity index (χ0n) is 10.8. The van der Waals surface area contributed by atoms with Gasteiger partial charge in [0, 0.05) is 11.4 Å². The van der Waals surface area contributed by atoms with E-state index in [0.717, 1.165) is 29.6 Å². The molecule has 0 aliphatic rings. The van der Waals surface area contributed by atoms with Gasteiger partial charge in [0.05, 0.1) is 5.52 Å². The van der Waals surface area contributed by atoms with E-state index in [0.29, 0.717) is 12.0 Å². The maximum Gasteiger partial charge on any atom is 0.239 e. The third-order valence-corrected chi connectivity index (χ3v) is 3.06. The van der Waals surface area contributed by atoms with Crippen molar-refractivity contribution in [3.8, 4) is 0 Å². The number of nitrogens with two attached hydrogens (primary N) is 1. The Balaban J connectivity index is 2.46. The van der Waals surface area contributed by atoms with Gasteiger partial charge in [-0.15, -0.1) is 0 Å². The van der Waals surface area contributed by atoms with E-state index in [1.165, 1.54) is 0 Å². The number of hydrogen-bond acceptors (Lipinski definition) is 5. The van der Waals surface area contributed by atoms with Crippen molar-refractivity contribution in [3.05, 3.63) is 24.3 Å². The molecule has 0 bridgehead atoms. The highest BCUT2D eigenvalue weighted by Crippen LogP contribution is 2.22. The maximum atomic E-state index is 5.40. The van der Waals surface area contributed by atoms with Crippen LogP contribution in [0.2, 0.25) is 0 Å². The van der Waals surface area contributed by atoms with Crippen molar-refractivity contribution in [2.45, 2.75) is 32.7 Å². The molecule has 4 N–H and O–H groups in total. The molecular formula is C13H19N5. The minimum Gasteiger partial charge on any atom is -0.367 e. The van der Waals surface area contributed by atoms with E-state index >= 15 is 0 Å². The lowest BCUT2D eigenvalue weighted by atomic mass is 10.1. The summed E-state index contributed by atoms with van der Waals surface area (Å²) in [6.45, 7) is 4.32. The van der Waals surface area contributed by atoms with Crippen LogP contribution in [0.4, 0.5) is 11.8 Å². The predicted molar refractivity (Wildman–Crippen MR) is 75.3 cm³/mol. The molecule has 2 aromatic rings. The van der Waals surface area contributed by atoms with Crippen LogP contribution in [-0.4, -0.2) is 16.0 Å². The molecule has 1 heterocycles. The minimum atomic E-state index is 0.411. The second kappa shape index (κ2) is 5.64. The van der Waals surface area contributed by atoms with Gasteiger partial charge in [0.1, 0.15) is 5.82 Å². The molecule has 5 nitrogen and oxygen atoms in total. The molecule has 0 saturated heterocycles. The number of hydrazine groups is 1. The Morgan fingerprint density at radius 1 is 1.17 bits per heavy atom. The van der Waals surface area contributed by atoms with Crippen molar-refractivity contribution in [3.63, 3.8) is 0 Å². The van der Waals surface area contributed by atoms with E-state index in [9.17, 15) is 0 Å². The first-order chi connectivity index (χ1) is 8.78. The average Bonchev–Trinajstić information content (AvgIpc) is 2.44. The molecule has 0 radical (unpaired) electrons. The fraction of sp³-hybridized carbons (Fsp3) is 0.385. The van der Waals surface area contributed by atoms with Crippen LogP contribution in [0.5, 0.6) is 0 Å². The Labute approximate surface area is 107 Å². The van der Waals surface area contributed by atoms with Gasteiger partial charge in [0.2, 0.25) is 5.95 Å². The molecule has 0 amide bonds. The highest BCUT2D eigenvalue weighted by atomic mass is 15.3. The van der Waals surface area contributed by atoms with Crippen molar-refractivity contribution in [2.75, 3.05) is 10.7 Å². The molecule has 0 fully saturated rings. The smallest absolute Gasteiger partial charge is 0.239 e. The molecule has 18 heavy (non-hydrogen) atoms. The fourth-order valence-corrected chi connectivity index (χ4v) is 1.94. The van der Waals surface area contributed by atoms with Crippen LogP contribution in [0.1, 0.15) is 26.7 Å². The topological polar surface area (TPSA) is 75.9 Å². The van der Waals surface area contributed by atoms with Crippen LogP contribution < -0.4 is 16.6 Å². The quantitative estimate of drug-likeness (QED) is 0.557. The second-order valence-corrected chi connectivity index (χ2v) is 4.22. The summed E-state index contributed by atoms with van der Waals surface area (Å²) in [6, 6.07) is 8.32. The highest BCUT2D eigenvalue weighted by molar-refractivity contribution is 5.90. The third-order valence-electron chi connectivity index (χ3n) is 3.06. The highest BCUT2D eigenvalue weighted by Gasteiger charge is 2.10. The van der Waals surface area contributed by atoms with Crippen LogP contribution in [0.15, 0.2) is 24.3 Å². The van der Waals surface area contributed by atoms with Gasteiger partial charge in [-0.25, -0.2) is 10.8 Å². The van der Waals surface area contributed by atoms with E-state index in [4.69, 9.17) is 5.84 Å². The van der Waals surface area contributed by atoms with Gasteiger partial charge in [-0.05, 0) is 25.0 Å². The lowest BCUT2D eigenvalue weighted by molar-refractivity contribution is 0.669. The van der Waals surface area contributed by atoms with Gasteiger partial charge in [-0.2, -0.15) is 4.98 Å². The van der Waals surface area contributed by atoms with E-state index in [1.807, 2.05) is 24.3 Å². The van der Waals surface area contributed by atoms with Gasteiger partial charge in [-0.3, -0.25) is 5.43 Å². The predicted octanol–water partition coefficient (Wildman–Crippen LogP) is 2.52. The first kappa shape index (κ1) is 12.6. The van der Waals surface area contributed by atoms with Crippen LogP contribution in [0.3, 0.4) is 0 Å². The average molecular weight is 245 g/mol. The van der Waals surface area contributed by atoms with Gasteiger partial charge < -0.3 is 5.32 Å². The van der Waals surface area contributed by atoms with Crippen molar-refractivity contribution in [2.24, 2.45) is 5.84 Å². The van der Waals surface area contributed by atoms with Crippen LogP contribution >= 0.6 is 0 Å². The molecule has 1 aromatic heterocycles. The number of nitrogens with zero attached hydrogens (tertiary/aromatic N) is 2. The molecule has 0 unspecified atom stereocenters. The molecule has 0 aliphatic heterocycles. The summed E-state index contributed by atoms with van der Waals surface area (Å²) in [5.41, 5.74) is 3.39. The fourth-order valence-electron chi connectivity index (χ4n) is 1.94. The minimum absolute atomic E-state index is 0.411. The normalized spacial score (nSPS) is 10.9. The molecule has 96 valence electrons. The number of para-hydroxylation sites is 1. The Morgan fingerprint density at radius 2 is 1.89 bits per heavy atom. The van der Waals surface area contributed by atoms with E-state index in [-0.39, 0.29) is 0 Å². The molecule has 1 aromatic carbocycles. The Morgan fingerprint density at radius 3 is 2.56 bits per heavy atom. The zero-order valence-corrected chi connectivity index (χ0v) is 10.8. The molecule has 0 saturated carbocycles. The summed E-state index contributed by atoms with van der Waals surface area (Å²) >= 11 is 0. The van der Waals surface area contributed by atoms with E-state index in [1.54, 1.807) is 0 Å². The first-order valence-electron chi connectivity index (χ1n) is 6.28. The Bertz CT molecular complexity index is 522.